The third-order valence-electron chi connectivity index (χ3n) is 4.81. The minimum Gasteiger partial charge on any atom is -0.396 e. The normalized spacial score (nSPS) is 29.9. The second kappa shape index (κ2) is 4.82. The Morgan fingerprint density at radius 1 is 1.53 bits per heavy atom. The van der Waals surface area contributed by atoms with E-state index in [-0.39, 0.29) is 12.0 Å². The topological polar surface area (TPSA) is 60.2 Å². The van der Waals surface area contributed by atoms with Gasteiger partial charge in [0.2, 0.25) is 0 Å². The summed E-state index contributed by atoms with van der Waals surface area (Å²) in [6.45, 7) is 2.01. The van der Waals surface area contributed by atoms with Gasteiger partial charge in [-0.25, -0.2) is 4.98 Å². The van der Waals surface area contributed by atoms with E-state index < -0.39 is 0 Å². The average molecular weight is 257 g/mol. The highest BCUT2D eigenvalue weighted by molar-refractivity contribution is 5.54. The number of hydrogen-bond acceptors (Lipinski definition) is 4. The van der Waals surface area contributed by atoms with Gasteiger partial charge in [-0.2, -0.15) is 5.26 Å². The largest absolute Gasteiger partial charge is 0.396 e. The van der Waals surface area contributed by atoms with Gasteiger partial charge in [-0.15, -0.1) is 0 Å². The number of aliphatic hydroxyl groups excluding tert-OH is 1. The second-order valence-corrected chi connectivity index (χ2v) is 5.83. The summed E-state index contributed by atoms with van der Waals surface area (Å²) in [5.74, 6) is 1.33. The Hall–Kier alpha value is -1.60. The van der Waals surface area contributed by atoms with Gasteiger partial charge in [0.05, 0.1) is 12.2 Å². The summed E-state index contributed by atoms with van der Waals surface area (Å²) in [5.41, 5.74) is 0.664. The molecule has 0 bridgehead atoms. The molecule has 4 nitrogen and oxygen atoms in total. The van der Waals surface area contributed by atoms with Crippen LogP contribution in [0.15, 0.2) is 18.3 Å². The molecule has 2 heterocycles. The van der Waals surface area contributed by atoms with E-state index >= 15 is 0 Å². The molecule has 1 aromatic rings. The summed E-state index contributed by atoms with van der Waals surface area (Å²) >= 11 is 0. The van der Waals surface area contributed by atoms with E-state index in [0.717, 1.165) is 25.3 Å². The molecule has 1 saturated heterocycles. The fraction of sp³-hybridized carbons (Fsp3) is 0.600. The van der Waals surface area contributed by atoms with Crippen LogP contribution in [0.25, 0.3) is 0 Å². The summed E-state index contributed by atoms with van der Waals surface area (Å²) in [4.78, 5) is 6.58. The number of aliphatic hydroxyl groups is 1. The van der Waals surface area contributed by atoms with Gasteiger partial charge >= 0.3 is 0 Å². The maximum Gasteiger partial charge on any atom is 0.146 e. The van der Waals surface area contributed by atoms with Crippen LogP contribution in [0.2, 0.25) is 0 Å². The van der Waals surface area contributed by atoms with Crippen molar-refractivity contribution < 1.29 is 5.11 Å². The first kappa shape index (κ1) is 12.4. The van der Waals surface area contributed by atoms with Crippen LogP contribution in [-0.4, -0.2) is 29.8 Å². The smallest absolute Gasteiger partial charge is 0.146 e. The molecule has 0 amide bonds. The van der Waals surface area contributed by atoms with Crippen molar-refractivity contribution in [2.45, 2.75) is 25.7 Å². The molecule has 1 aromatic heterocycles. The molecule has 0 aromatic carbocycles. The van der Waals surface area contributed by atoms with E-state index in [9.17, 15) is 10.4 Å². The monoisotopic (exact) mass is 257 g/mol. The molecule has 100 valence electrons. The summed E-state index contributed by atoms with van der Waals surface area (Å²) in [6.07, 6.45) is 6.49. The van der Waals surface area contributed by atoms with Crippen LogP contribution in [0.1, 0.15) is 31.2 Å². The molecule has 2 unspecified atom stereocenters. The lowest BCUT2D eigenvalue weighted by Gasteiger charge is -2.36. The van der Waals surface area contributed by atoms with Crippen LogP contribution in [0, 0.1) is 22.7 Å². The van der Waals surface area contributed by atoms with E-state index in [1.165, 1.54) is 19.3 Å². The average Bonchev–Trinajstić information content (AvgIpc) is 2.87. The van der Waals surface area contributed by atoms with Crippen molar-refractivity contribution >= 4 is 5.82 Å². The molecule has 19 heavy (non-hydrogen) atoms. The standard InChI is InChI=1S/C15H19N3O/c16-8-12-4-3-7-17-14(12)18-9-13-5-1-2-6-15(13,10-18)11-19/h3-4,7,13,19H,1-2,5-6,9-11H2. The number of anilines is 1. The molecule has 4 heteroatoms. The third-order valence-corrected chi connectivity index (χ3v) is 4.81. The predicted octanol–water partition coefficient (Wildman–Crippen LogP) is 1.94. The van der Waals surface area contributed by atoms with Gasteiger partial charge in [0.25, 0.3) is 0 Å². The van der Waals surface area contributed by atoms with E-state index in [4.69, 9.17) is 0 Å². The maximum absolute atomic E-state index is 9.83. The summed E-state index contributed by atoms with van der Waals surface area (Å²) < 4.78 is 0. The SMILES string of the molecule is N#Cc1cccnc1N1CC2CCCCC2(CO)C1. The molecular formula is C15H19N3O. The van der Waals surface area contributed by atoms with Crippen molar-refractivity contribution in [2.75, 3.05) is 24.6 Å². The van der Waals surface area contributed by atoms with Gasteiger partial charge in [-0.05, 0) is 30.9 Å². The number of nitrogens with zero attached hydrogens (tertiary/aromatic N) is 3. The zero-order valence-electron chi connectivity index (χ0n) is 11.0. The quantitative estimate of drug-likeness (QED) is 0.879. The highest BCUT2D eigenvalue weighted by Crippen LogP contribution is 2.47. The third kappa shape index (κ3) is 1.98. The predicted molar refractivity (Wildman–Crippen MR) is 72.6 cm³/mol. The highest BCUT2D eigenvalue weighted by atomic mass is 16.3. The highest BCUT2D eigenvalue weighted by Gasteiger charge is 2.47. The second-order valence-electron chi connectivity index (χ2n) is 5.83. The van der Waals surface area contributed by atoms with Crippen molar-refractivity contribution in [1.29, 1.82) is 5.26 Å². The number of pyridine rings is 1. The zero-order chi connectivity index (χ0) is 13.3. The Balaban J connectivity index is 1.90. The molecule has 1 saturated carbocycles. The van der Waals surface area contributed by atoms with Gasteiger partial charge in [0.1, 0.15) is 11.9 Å². The molecule has 2 atom stereocenters. The molecule has 2 fully saturated rings. The van der Waals surface area contributed by atoms with Gasteiger partial charge in [0.15, 0.2) is 0 Å². The molecule has 0 radical (unpaired) electrons. The Labute approximate surface area is 113 Å². The van der Waals surface area contributed by atoms with Crippen LogP contribution >= 0.6 is 0 Å². The first-order valence-electron chi connectivity index (χ1n) is 7.00. The van der Waals surface area contributed by atoms with Crippen LogP contribution in [-0.2, 0) is 0 Å². The number of rotatable bonds is 2. The van der Waals surface area contributed by atoms with E-state index in [1.54, 1.807) is 12.3 Å². The zero-order valence-corrected chi connectivity index (χ0v) is 11.0. The first-order chi connectivity index (χ1) is 9.29. The van der Waals surface area contributed by atoms with Crippen LogP contribution in [0.5, 0.6) is 0 Å². The molecule has 3 rings (SSSR count). The number of fused-ring (bicyclic) bond motifs is 1. The Kier molecular flexibility index (Phi) is 3.16. The lowest BCUT2D eigenvalue weighted by atomic mass is 9.69. The van der Waals surface area contributed by atoms with Gasteiger partial charge in [0, 0.05) is 24.7 Å². The minimum absolute atomic E-state index is 0.0303. The molecule has 0 spiro atoms. The summed E-state index contributed by atoms with van der Waals surface area (Å²) in [7, 11) is 0. The fourth-order valence-corrected chi connectivity index (χ4v) is 3.74. The van der Waals surface area contributed by atoms with Crippen molar-refractivity contribution in [2.24, 2.45) is 11.3 Å². The summed E-state index contributed by atoms with van der Waals surface area (Å²) in [5, 5.41) is 19.0. The number of hydrogen-bond donors (Lipinski definition) is 1. The number of nitriles is 1. The van der Waals surface area contributed by atoms with Crippen LogP contribution < -0.4 is 4.90 Å². The lowest BCUT2D eigenvalue weighted by molar-refractivity contribution is 0.0626. The fourth-order valence-electron chi connectivity index (χ4n) is 3.74. The van der Waals surface area contributed by atoms with E-state index in [1.807, 2.05) is 6.07 Å². The first-order valence-corrected chi connectivity index (χ1v) is 7.00. The maximum atomic E-state index is 9.83. The number of aromatic nitrogens is 1. The van der Waals surface area contributed by atoms with E-state index in [2.05, 4.69) is 16.0 Å². The van der Waals surface area contributed by atoms with Crippen molar-refractivity contribution in [3.63, 3.8) is 0 Å². The van der Waals surface area contributed by atoms with Crippen molar-refractivity contribution in [1.82, 2.24) is 4.98 Å². The van der Waals surface area contributed by atoms with Gasteiger partial charge < -0.3 is 10.0 Å². The summed E-state index contributed by atoms with van der Waals surface area (Å²) in [6, 6.07) is 5.83. The Morgan fingerprint density at radius 2 is 2.42 bits per heavy atom. The molecule has 2 aliphatic rings. The van der Waals surface area contributed by atoms with Crippen LogP contribution in [0.3, 0.4) is 0 Å². The van der Waals surface area contributed by atoms with E-state index in [0.29, 0.717) is 11.5 Å². The van der Waals surface area contributed by atoms with Gasteiger partial charge in [-0.3, -0.25) is 0 Å². The molecular weight excluding hydrogens is 238 g/mol. The Bertz CT molecular complexity index is 510. The van der Waals surface area contributed by atoms with Crippen molar-refractivity contribution in [3.8, 4) is 6.07 Å². The van der Waals surface area contributed by atoms with Crippen LogP contribution in [0.4, 0.5) is 5.82 Å². The molecule has 1 aliphatic carbocycles. The minimum atomic E-state index is 0.0303. The molecule has 1 aliphatic heterocycles. The Morgan fingerprint density at radius 3 is 3.16 bits per heavy atom. The van der Waals surface area contributed by atoms with Crippen molar-refractivity contribution in [3.05, 3.63) is 23.9 Å². The lowest BCUT2D eigenvalue weighted by Crippen LogP contribution is -2.37. The molecule has 1 N–H and O–H groups in total. The van der Waals surface area contributed by atoms with Gasteiger partial charge in [-0.1, -0.05) is 12.8 Å².